The molecule has 5 heteroatoms. The van der Waals surface area contributed by atoms with Crippen molar-refractivity contribution in [3.05, 3.63) is 35.9 Å². The fourth-order valence-electron chi connectivity index (χ4n) is 2.01. The van der Waals surface area contributed by atoms with Crippen molar-refractivity contribution >= 4 is 5.91 Å². The third-order valence-electron chi connectivity index (χ3n) is 3.33. The molecule has 0 aliphatic carbocycles. The van der Waals surface area contributed by atoms with Gasteiger partial charge in [0.05, 0.1) is 12.6 Å². The molecule has 21 heavy (non-hydrogen) atoms. The zero-order valence-electron chi connectivity index (χ0n) is 13.0. The highest BCUT2D eigenvalue weighted by Crippen LogP contribution is 2.01. The van der Waals surface area contributed by atoms with E-state index in [0.717, 1.165) is 31.7 Å². The molecule has 1 amide bonds. The number of hydrogen-bond acceptors (Lipinski definition) is 4. The molecule has 0 saturated heterocycles. The average molecular weight is 293 g/mol. The summed E-state index contributed by atoms with van der Waals surface area (Å²) in [7, 11) is 3.74. The Morgan fingerprint density at radius 2 is 2.05 bits per heavy atom. The first-order valence-corrected chi connectivity index (χ1v) is 7.38. The molecule has 1 atom stereocenters. The topological polar surface area (TPSA) is 67.6 Å². The molecule has 1 aromatic rings. The highest BCUT2D eigenvalue weighted by atomic mass is 16.5. The van der Waals surface area contributed by atoms with E-state index >= 15 is 0 Å². The zero-order valence-corrected chi connectivity index (χ0v) is 13.0. The SMILES string of the molecule is COCCN(C)CCCNC(=O)C(N)Cc1ccccc1. The zero-order chi connectivity index (χ0) is 15.5. The van der Waals surface area contributed by atoms with Crippen LogP contribution in [0.2, 0.25) is 0 Å². The van der Waals surface area contributed by atoms with E-state index in [4.69, 9.17) is 10.5 Å². The summed E-state index contributed by atoms with van der Waals surface area (Å²) in [5, 5.41) is 2.89. The summed E-state index contributed by atoms with van der Waals surface area (Å²) in [5.41, 5.74) is 7.00. The normalized spacial score (nSPS) is 12.4. The minimum absolute atomic E-state index is 0.0848. The number of benzene rings is 1. The lowest BCUT2D eigenvalue weighted by molar-refractivity contribution is -0.122. The summed E-state index contributed by atoms with van der Waals surface area (Å²) >= 11 is 0. The first kappa shape index (κ1) is 17.6. The van der Waals surface area contributed by atoms with Crippen molar-refractivity contribution in [3.8, 4) is 0 Å². The molecule has 0 fully saturated rings. The number of likely N-dealkylation sites (N-methyl/N-ethyl adjacent to an activating group) is 1. The lowest BCUT2D eigenvalue weighted by Gasteiger charge is -2.16. The van der Waals surface area contributed by atoms with Crippen molar-refractivity contribution in [2.75, 3.05) is 40.4 Å². The molecule has 0 radical (unpaired) electrons. The molecule has 0 saturated carbocycles. The largest absolute Gasteiger partial charge is 0.383 e. The number of carbonyl (C=O) groups excluding carboxylic acids is 1. The Kier molecular flexibility index (Phi) is 8.66. The number of ether oxygens (including phenoxy) is 1. The van der Waals surface area contributed by atoms with E-state index < -0.39 is 6.04 Å². The van der Waals surface area contributed by atoms with Gasteiger partial charge in [-0.3, -0.25) is 4.79 Å². The maximum Gasteiger partial charge on any atom is 0.237 e. The Bertz CT molecular complexity index is 398. The number of rotatable bonds is 10. The van der Waals surface area contributed by atoms with E-state index in [1.165, 1.54) is 0 Å². The summed E-state index contributed by atoms with van der Waals surface area (Å²) in [4.78, 5) is 14.1. The molecule has 0 spiro atoms. The van der Waals surface area contributed by atoms with Crippen LogP contribution in [0.4, 0.5) is 0 Å². The van der Waals surface area contributed by atoms with Crippen LogP contribution in [-0.2, 0) is 16.0 Å². The monoisotopic (exact) mass is 293 g/mol. The van der Waals surface area contributed by atoms with E-state index in [-0.39, 0.29) is 5.91 Å². The lowest BCUT2D eigenvalue weighted by Crippen LogP contribution is -2.42. The smallest absolute Gasteiger partial charge is 0.237 e. The molecule has 118 valence electrons. The highest BCUT2D eigenvalue weighted by molar-refractivity contribution is 5.81. The molecule has 0 aromatic heterocycles. The number of amides is 1. The first-order valence-electron chi connectivity index (χ1n) is 7.38. The summed E-state index contributed by atoms with van der Waals surface area (Å²) in [6.45, 7) is 3.21. The Morgan fingerprint density at radius 3 is 2.71 bits per heavy atom. The number of nitrogens with zero attached hydrogens (tertiary/aromatic N) is 1. The van der Waals surface area contributed by atoms with Crippen LogP contribution in [0, 0.1) is 0 Å². The predicted molar refractivity (Wildman–Crippen MR) is 85.1 cm³/mol. The molecular formula is C16H27N3O2. The van der Waals surface area contributed by atoms with Crippen LogP contribution >= 0.6 is 0 Å². The average Bonchev–Trinajstić information content (AvgIpc) is 2.50. The molecule has 3 N–H and O–H groups in total. The van der Waals surface area contributed by atoms with Gasteiger partial charge in [0.25, 0.3) is 0 Å². The van der Waals surface area contributed by atoms with Gasteiger partial charge in [0, 0.05) is 20.2 Å². The number of carbonyl (C=O) groups is 1. The van der Waals surface area contributed by atoms with Crippen LogP contribution in [0.25, 0.3) is 0 Å². The van der Waals surface area contributed by atoms with E-state index in [1.54, 1.807) is 7.11 Å². The van der Waals surface area contributed by atoms with Gasteiger partial charge in [-0.2, -0.15) is 0 Å². The summed E-state index contributed by atoms with van der Waals surface area (Å²) in [5.74, 6) is -0.0848. The van der Waals surface area contributed by atoms with Crippen LogP contribution in [0.1, 0.15) is 12.0 Å². The number of methoxy groups -OCH3 is 1. The molecule has 0 heterocycles. The van der Waals surface area contributed by atoms with Gasteiger partial charge >= 0.3 is 0 Å². The summed E-state index contributed by atoms with van der Waals surface area (Å²) < 4.78 is 5.02. The lowest BCUT2D eigenvalue weighted by atomic mass is 10.1. The van der Waals surface area contributed by atoms with E-state index in [0.29, 0.717) is 13.0 Å². The third-order valence-corrected chi connectivity index (χ3v) is 3.33. The molecule has 0 aliphatic heterocycles. The van der Waals surface area contributed by atoms with Gasteiger partial charge in [-0.05, 0) is 32.0 Å². The number of nitrogens with two attached hydrogens (primary N) is 1. The highest BCUT2D eigenvalue weighted by Gasteiger charge is 2.13. The van der Waals surface area contributed by atoms with Gasteiger partial charge in [0.15, 0.2) is 0 Å². The molecule has 0 bridgehead atoms. The summed E-state index contributed by atoms with van der Waals surface area (Å²) in [6.07, 6.45) is 1.48. The third kappa shape index (κ3) is 7.80. The number of nitrogens with one attached hydrogen (secondary N) is 1. The predicted octanol–water partition coefficient (Wildman–Crippen LogP) is 0.641. The Morgan fingerprint density at radius 1 is 1.33 bits per heavy atom. The Balaban J connectivity index is 2.15. The molecule has 1 unspecified atom stereocenters. The van der Waals surface area contributed by atoms with Crippen molar-refractivity contribution in [2.45, 2.75) is 18.9 Å². The second kappa shape index (κ2) is 10.3. The number of hydrogen-bond donors (Lipinski definition) is 2. The van der Waals surface area contributed by atoms with Crippen LogP contribution in [0.5, 0.6) is 0 Å². The van der Waals surface area contributed by atoms with Gasteiger partial charge in [0.1, 0.15) is 0 Å². The molecular weight excluding hydrogens is 266 g/mol. The quantitative estimate of drug-likeness (QED) is 0.621. The van der Waals surface area contributed by atoms with E-state index in [2.05, 4.69) is 10.2 Å². The Labute approximate surface area is 127 Å². The van der Waals surface area contributed by atoms with Gasteiger partial charge in [0.2, 0.25) is 5.91 Å². The van der Waals surface area contributed by atoms with Crippen LogP contribution in [0.3, 0.4) is 0 Å². The van der Waals surface area contributed by atoms with Gasteiger partial charge in [-0.25, -0.2) is 0 Å². The summed E-state index contributed by atoms with van der Waals surface area (Å²) in [6, 6.07) is 9.34. The fourth-order valence-corrected chi connectivity index (χ4v) is 2.01. The van der Waals surface area contributed by atoms with Gasteiger partial charge in [-0.1, -0.05) is 30.3 Å². The molecule has 5 nitrogen and oxygen atoms in total. The van der Waals surface area contributed by atoms with Crippen molar-refractivity contribution < 1.29 is 9.53 Å². The van der Waals surface area contributed by atoms with Gasteiger partial charge in [-0.15, -0.1) is 0 Å². The van der Waals surface area contributed by atoms with Gasteiger partial charge < -0.3 is 20.7 Å². The molecule has 1 aromatic carbocycles. The van der Waals surface area contributed by atoms with Crippen molar-refractivity contribution in [2.24, 2.45) is 5.73 Å². The van der Waals surface area contributed by atoms with Crippen molar-refractivity contribution in [1.82, 2.24) is 10.2 Å². The molecule has 1 rings (SSSR count). The van der Waals surface area contributed by atoms with Crippen LogP contribution < -0.4 is 11.1 Å². The van der Waals surface area contributed by atoms with E-state index in [9.17, 15) is 4.79 Å². The van der Waals surface area contributed by atoms with Crippen molar-refractivity contribution in [1.29, 1.82) is 0 Å². The molecule has 0 aliphatic rings. The first-order chi connectivity index (χ1) is 10.1. The second-order valence-electron chi connectivity index (χ2n) is 5.24. The van der Waals surface area contributed by atoms with Crippen molar-refractivity contribution in [3.63, 3.8) is 0 Å². The maximum absolute atomic E-state index is 11.9. The van der Waals surface area contributed by atoms with Crippen LogP contribution in [0.15, 0.2) is 30.3 Å². The fraction of sp³-hybridized carbons (Fsp3) is 0.562. The minimum Gasteiger partial charge on any atom is -0.383 e. The standard InChI is InChI=1S/C16H27N3O2/c1-19(11-12-21-2)10-6-9-18-16(20)15(17)13-14-7-4-3-5-8-14/h3-5,7-8,15H,6,9-13,17H2,1-2H3,(H,18,20). The van der Waals surface area contributed by atoms with Crippen LogP contribution in [-0.4, -0.2) is 57.2 Å². The maximum atomic E-state index is 11.9. The minimum atomic E-state index is -0.487. The Hall–Kier alpha value is -1.43. The second-order valence-corrected chi connectivity index (χ2v) is 5.24. The van der Waals surface area contributed by atoms with E-state index in [1.807, 2.05) is 37.4 Å².